The lowest BCUT2D eigenvalue weighted by Gasteiger charge is -2.33. The standard InChI is InChI=1S/C8H18IN3O2S/c1-15(13,14)12-6-4-11(5-7-12)3-2-10-8-9/h10H,2-8H2,1H3. The quantitative estimate of drug-likeness (QED) is 0.317. The summed E-state index contributed by atoms with van der Waals surface area (Å²) in [6, 6.07) is 0. The molecule has 0 bridgehead atoms. The Labute approximate surface area is 105 Å². The van der Waals surface area contributed by atoms with E-state index < -0.39 is 10.0 Å². The van der Waals surface area contributed by atoms with E-state index in [4.69, 9.17) is 0 Å². The molecule has 0 aromatic carbocycles. The molecule has 1 N–H and O–H groups in total. The minimum Gasteiger partial charge on any atom is -0.307 e. The molecule has 90 valence electrons. The highest BCUT2D eigenvalue weighted by Gasteiger charge is 2.22. The molecule has 1 saturated heterocycles. The Morgan fingerprint density at radius 1 is 1.27 bits per heavy atom. The van der Waals surface area contributed by atoms with Gasteiger partial charge in [-0.15, -0.1) is 0 Å². The number of halogens is 1. The molecule has 0 amide bonds. The van der Waals surface area contributed by atoms with Gasteiger partial charge in [-0.2, -0.15) is 4.31 Å². The monoisotopic (exact) mass is 347 g/mol. The van der Waals surface area contributed by atoms with Gasteiger partial charge in [0.1, 0.15) is 0 Å². The fourth-order valence-corrected chi connectivity index (χ4v) is 2.80. The fourth-order valence-electron chi connectivity index (χ4n) is 1.59. The van der Waals surface area contributed by atoms with Crippen molar-refractivity contribution in [2.45, 2.75) is 0 Å². The summed E-state index contributed by atoms with van der Waals surface area (Å²) in [5.41, 5.74) is 0. The Kier molecular flexibility index (Phi) is 5.75. The number of nitrogens with one attached hydrogen (secondary N) is 1. The Morgan fingerprint density at radius 3 is 2.33 bits per heavy atom. The first kappa shape index (κ1) is 13.6. The second-order valence-electron chi connectivity index (χ2n) is 3.64. The molecule has 0 atom stereocenters. The van der Waals surface area contributed by atoms with Crippen LogP contribution in [0.2, 0.25) is 0 Å². The first-order chi connectivity index (χ1) is 7.04. The van der Waals surface area contributed by atoms with Crippen molar-refractivity contribution < 1.29 is 8.42 Å². The molecular weight excluding hydrogens is 329 g/mol. The molecule has 15 heavy (non-hydrogen) atoms. The van der Waals surface area contributed by atoms with Gasteiger partial charge in [0.2, 0.25) is 10.0 Å². The topological polar surface area (TPSA) is 52.7 Å². The van der Waals surface area contributed by atoms with Crippen LogP contribution in [-0.2, 0) is 10.0 Å². The van der Waals surface area contributed by atoms with E-state index >= 15 is 0 Å². The van der Waals surface area contributed by atoms with Crippen LogP contribution in [0.1, 0.15) is 0 Å². The van der Waals surface area contributed by atoms with Crippen LogP contribution in [0.5, 0.6) is 0 Å². The molecule has 1 aliphatic rings. The molecular formula is C8H18IN3O2S. The van der Waals surface area contributed by atoms with Crippen molar-refractivity contribution in [2.24, 2.45) is 0 Å². The van der Waals surface area contributed by atoms with Crippen molar-refractivity contribution in [3.05, 3.63) is 0 Å². The lowest BCUT2D eigenvalue weighted by Crippen LogP contribution is -2.49. The van der Waals surface area contributed by atoms with Gasteiger partial charge >= 0.3 is 0 Å². The van der Waals surface area contributed by atoms with E-state index in [1.807, 2.05) is 0 Å². The van der Waals surface area contributed by atoms with Crippen LogP contribution in [0, 0.1) is 0 Å². The molecule has 0 spiro atoms. The highest BCUT2D eigenvalue weighted by molar-refractivity contribution is 14.1. The van der Waals surface area contributed by atoms with E-state index in [2.05, 4.69) is 32.8 Å². The molecule has 0 radical (unpaired) electrons. The van der Waals surface area contributed by atoms with Gasteiger partial charge < -0.3 is 5.32 Å². The Bertz CT molecular complexity index is 276. The molecule has 1 heterocycles. The second-order valence-corrected chi connectivity index (χ2v) is 6.38. The van der Waals surface area contributed by atoms with Gasteiger partial charge in [0, 0.05) is 43.8 Å². The zero-order valence-electron chi connectivity index (χ0n) is 8.95. The molecule has 1 aliphatic heterocycles. The third kappa shape index (κ3) is 4.94. The normalized spacial score (nSPS) is 20.7. The minimum atomic E-state index is -2.98. The van der Waals surface area contributed by atoms with Gasteiger partial charge in [-0.05, 0) is 0 Å². The molecule has 0 aromatic rings. The lowest BCUT2D eigenvalue weighted by atomic mass is 10.3. The van der Waals surface area contributed by atoms with E-state index in [1.54, 1.807) is 4.31 Å². The van der Waals surface area contributed by atoms with Crippen molar-refractivity contribution in [1.82, 2.24) is 14.5 Å². The van der Waals surface area contributed by atoms with Crippen molar-refractivity contribution in [3.8, 4) is 0 Å². The number of sulfonamides is 1. The van der Waals surface area contributed by atoms with Crippen molar-refractivity contribution in [1.29, 1.82) is 0 Å². The molecule has 7 heteroatoms. The van der Waals surface area contributed by atoms with Gasteiger partial charge in [-0.3, -0.25) is 4.90 Å². The second kappa shape index (κ2) is 6.33. The Balaban J connectivity index is 2.24. The largest absolute Gasteiger partial charge is 0.307 e. The number of hydrogen-bond acceptors (Lipinski definition) is 4. The van der Waals surface area contributed by atoms with E-state index in [1.165, 1.54) is 6.26 Å². The van der Waals surface area contributed by atoms with Crippen LogP contribution in [0.4, 0.5) is 0 Å². The molecule has 0 saturated carbocycles. The summed E-state index contributed by atoms with van der Waals surface area (Å²) in [6.07, 6.45) is 1.28. The Hall–Kier alpha value is 0.560. The summed E-state index contributed by atoms with van der Waals surface area (Å²) in [4.78, 5) is 2.29. The average molecular weight is 347 g/mol. The number of piperazine rings is 1. The van der Waals surface area contributed by atoms with Crippen LogP contribution < -0.4 is 5.32 Å². The van der Waals surface area contributed by atoms with Gasteiger partial charge in [0.25, 0.3) is 0 Å². The SMILES string of the molecule is CS(=O)(=O)N1CCN(CCNCI)CC1. The summed E-state index contributed by atoms with van der Waals surface area (Å²) < 4.78 is 25.0. The predicted molar refractivity (Wildman–Crippen MR) is 69.7 cm³/mol. The number of alkyl halides is 1. The maximum absolute atomic E-state index is 11.2. The first-order valence-corrected chi connectivity index (χ1v) is 8.35. The zero-order valence-corrected chi connectivity index (χ0v) is 11.9. The van der Waals surface area contributed by atoms with E-state index in [0.717, 1.165) is 30.7 Å². The van der Waals surface area contributed by atoms with Crippen LogP contribution >= 0.6 is 22.6 Å². The lowest BCUT2D eigenvalue weighted by molar-refractivity contribution is 0.190. The predicted octanol–water partition coefficient (Wildman–Crippen LogP) is -0.454. The van der Waals surface area contributed by atoms with Crippen molar-refractivity contribution in [3.63, 3.8) is 0 Å². The number of nitrogens with zero attached hydrogens (tertiary/aromatic N) is 2. The number of rotatable bonds is 5. The van der Waals surface area contributed by atoms with E-state index in [-0.39, 0.29) is 0 Å². The summed E-state index contributed by atoms with van der Waals surface area (Å²) in [7, 11) is -2.98. The van der Waals surface area contributed by atoms with Gasteiger partial charge in [0.05, 0.1) is 6.26 Å². The Morgan fingerprint density at radius 2 is 1.87 bits per heavy atom. The molecule has 1 fully saturated rings. The van der Waals surface area contributed by atoms with E-state index in [9.17, 15) is 8.42 Å². The zero-order chi connectivity index (χ0) is 11.3. The third-order valence-electron chi connectivity index (χ3n) is 2.50. The van der Waals surface area contributed by atoms with Crippen LogP contribution in [0.15, 0.2) is 0 Å². The number of hydrogen-bond donors (Lipinski definition) is 1. The van der Waals surface area contributed by atoms with Crippen LogP contribution in [0.3, 0.4) is 0 Å². The van der Waals surface area contributed by atoms with Crippen LogP contribution in [-0.4, -0.2) is 67.7 Å². The maximum Gasteiger partial charge on any atom is 0.211 e. The van der Waals surface area contributed by atoms with Crippen molar-refractivity contribution in [2.75, 3.05) is 50.1 Å². The van der Waals surface area contributed by atoms with Gasteiger partial charge in [-0.25, -0.2) is 8.42 Å². The minimum absolute atomic E-state index is 0.628. The summed E-state index contributed by atoms with van der Waals surface area (Å²) >= 11 is 2.28. The fraction of sp³-hybridized carbons (Fsp3) is 1.00. The average Bonchev–Trinajstić information content (AvgIpc) is 2.18. The third-order valence-corrected chi connectivity index (χ3v) is 4.34. The van der Waals surface area contributed by atoms with E-state index in [0.29, 0.717) is 13.1 Å². The highest BCUT2D eigenvalue weighted by Crippen LogP contribution is 2.04. The smallest absolute Gasteiger partial charge is 0.211 e. The summed E-state index contributed by atoms with van der Waals surface area (Å²) in [5.74, 6) is 0. The molecule has 1 rings (SSSR count). The van der Waals surface area contributed by atoms with Crippen LogP contribution in [0.25, 0.3) is 0 Å². The summed E-state index contributed by atoms with van der Waals surface area (Å²) in [6.45, 7) is 4.92. The van der Waals surface area contributed by atoms with Crippen molar-refractivity contribution >= 4 is 32.6 Å². The van der Waals surface area contributed by atoms with Gasteiger partial charge in [0.15, 0.2) is 0 Å². The molecule has 0 aromatic heterocycles. The summed E-state index contributed by atoms with van der Waals surface area (Å²) in [5, 5.41) is 3.25. The first-order valence-electron chi connectivity index (χ1n) is 4.98. The molecule has 0 aliphatic carbocycles. The molecule has 5 nitrogen and oxygen atoms in total. The maximum atomic E-state index is 11.2. The highest BCUT2D eigenvalue weighted by atomic mass is 127. The van der Waals surface area contributed by atoms with Gasteiger partial charge in [-0.1, -0.05) is 22.6 Å². The molecule has 0 unspecified atom stereocenters.